The van der Waals surface area contributed by atoms with Gasteiger partial charge in [0.15, 0.2) is 0 Å². The van der Waals surface area contributed by atoms with Crippen LogP contribution in [0.15, 0.2) is 48.8 Å². The van der Waals surface area contributed by atoms with Gasteiger partial charge in [-0.3, -0.25) is 9.78 Å². The second-order valence-electron chi connectivity index (χ2n) is 4.27. The predicted octanol–water partition coefficient (Wildman–Crippen LogP) is 1.76. The zero-order valence-electron chi connectivity index (χ0n) is 10.7. The van der Waals surface area contributed by atoms with Crippen molar-refractivity contribution in [3.8, 4) is 0 Å². The fraction of sp³-hybridized carbons (Fsp3) is 0.200. The SMILES string of the molecule is NCCc1ccncc1CC(=O)Nc1ccccc1. The Morgan fingerprint density at radius 2 is 1.95 bits per heavy atom. The fourth-order valence-corrected chi connectivity index (χ4v) is 1.91. The summed E-state index contributed by atoms with van der Waals surface area (Å²) in [5.74, 6) is -0.0440. The van der Waals surface area contributed by atoms with E-state index < -0.39 is 0 Å². The van der Waals surface area contributed by atoms with Gasteiger partial charge in [-0.1, -0.05) is 18.2 Å². The maximum absolute atomic E-state index is 12.0. The summed E-state index contributed by atoms with van der Waals surface area (Å²) in [6.07, 6.45) is 4.54. The van der Waals surface area contributed by atoms with Gasteiger partial charge in [0.2, 0.25) is 5.91 Å². The molecule has 0 atom stereocenters. The molecule has 2 aromatic rings. The van der Waals surface area contributed by atoms with E-state index in [9.17, 15) is 4.79 Å². The highest BCUT2D eigenvalue weighted by Gasteiger charge is 2.08. The van der Waals surface area contributed by atoms with Crippen molar-refractivity contribution in [3.63, 3.8) is 0 Å². The first-order valence-electron chi connectivity index (χ1n) is 6.26. The number of anilines is 1. The number of rotatable bonds is 5. The molecule has 0 bridgehead atoms. The molecule has 3 N–H and O–H groups in total. The number of benzene rings is 1. The van der Waals surface area contributed by atoms with Crippen molar-refractivity contribution in [2.24, 2.45) is 5.73 Å². The van der Waals surface area contributed by atoms with Gasteiger partial charge in [0.25, 0.3) is 0 Å². The summed E-state index contributed by atoms with van der Waals surface area (Å²) in [7, 11) is 0. The van der Waals surface area contributed by atoms with E-state index in [1.54, 1.807) is 12.4 Å². The van der Waals surface area contributed by atoms with Crippen LogP contribution in [0.5, 0.6) is 0 Å². The van der Waals surface area contributed by atoms with Gasteiger partial charge in [-0.2, -0.15) is 0 Å². The Morgan fingerprint density at radius 1 is 1.16 bits per heavy atom. The molecule has 1 amide bonds. The Labute approximate surface area is 112 Å². The molecule has 0 aliphatic rings. The summed E-state index contributed by atoms with van der Waals surface area (Å²) in [5.41, 5.74) is 8.38. The number of carbonyl (C=O) groups is 1. The molecule has 1 aromatic carbocycles. The van der Waals surface area contributed by atoms with Crippen molar-refractivity contribution in [2.45, 2.75) is 12.8 Å². The van der Waals surface area contributed by atoms with Gasteiger partial charge in [-0.15, -0.1) is 0 Å². The molecule has 0 saturated heterocycles. The summed E-state index contributed by atoms with van der Waals surface area (Å²) >= 11 is 0. The minimum atomic E-state index is -0.0440. The second-order valence-corrected chi connectivity index (χ2v) is 4.27. The van der Waals surface area contributed by atoms with Crippen LogP contribution in [0.2, 0.25) is 0 Å². The van der Waals surface area contributed by atoms with Gasteiger partial charge in [-0.25, -0.2) is 0 Å². The van der Waals surface area contributed by atoms with E-state index in [0.717, 1.165) is 23.2 Å². The highest BCUT2D eigenvalue weighted by molar-refractivity contribution is 5.92. The van der Waals surface area contributed by atoms with E-state index in [1.807, 2.05) is 36.4 Å². The first-order valence-corrected chi connectivity index (χ1v) is 6.26. The Hall–Kier alpha value is -2.20. The van der Waals surface area contributed by atoms with Crippen LogP contribution in [0.4, 0.5) is 5.69 Å². The molecular formula is C15H17N3O. The van der Waals surface area contributed by atoms with E-state index in [-0.39, 0.29) is 5.91 Å². The third kappa shape index (κ3) is 3.89. The molecule has 98 valence electrons. The molecule has 0 spiro atoms. The van der Waals surface area contributed by atoms with Crippen LogP contribution in [0.1, 0.15) is 11.1 Å². The van der Waals surface area contributed by atoms with E-state index in [2.05, 4.69) is 10.3 Å². The molecular weight excluding hydrogens is 238 g/mol. The molecule has 19 heavy (non-hydrogen) atoms. The Balaban J connectivity index is 2.03. The standard InChI is InChI=1S/C15H17N3O/c16-8-6-12-7-9-17-11-13(12)10-15(19)18-14-4-2-1-3-5-14/h1-5,7,9,11H,6,8,10,16H2,(H,18,19). The lowest BCUT2D eigenvalue weighted by molar-refractivity contribution is -0.115. The summed E-state index contributed by atoms with van der Waals surface area (Å²) in [5, 5.41) is 2.86. The highest BCUT2D eigenvalue weighted by atomic mass is 16.1. The van der Waals surface area contributed by atoms with Crippen molar-refractivity contribution >= 4 is 11.6 Å². The third-order valence-electron chi connectivity index (χ3n) is 2.83. The first-order chi connectivity index (χ1) is 9.29. The van der Waals surface area contributed by atoms with Crippen LogP contribution in [0.25, 0.3) is 0 Å². The van der Waals surface area contributed by atoms with Crippen LogP contribution in [-0.4, -0.2) is 17.4 Å². The van der Waals surface area contributed by atoms with Crippen molar-refractivity contribution in [1.29, 1.82) is 0 Å². The van der Waals surface area contributed by atoms with Gasteiger partial charge in [0.1, 0.15) is 0 Å². The number of nitrogens with two attached hydrogens (primary N) is 1. The molecule has 0 saturated carbocycles. The quantitative estimate of drug-likeness (QED) is 0.855. The van der Waals surface area contributed by atoms with Crippen LogP contribution in [0.3, 0.4) is 0 Å². The molecule has 4 heteroatoms. The Morgan fingerprint density at radius 3 is 2.68 bits per heavy atom. The Kier molecular flexibility index (Phi) is 4.64. The summed E-state index contributed by atoms with van der Waals surface area (Å²) in [4.78, 5) is 16.0. The van der Waals surface area contributed by atoms with Gasteiger partial charge in [-0.05, 0) is 42.3 Å². The third-order valence-corrected chi connectivity index (χ3v) is 2.83. The number of carbonyl (C=O) groups excluding carboxylic acids is 1. The summed E-state index contributed by atoms with van der Waals surface area (Å²) in [6, 6.07) is 11.3. The number of para-hydroxylation sites is 1. The van der Waals surface area contributed by atoms with Crippen molar-refractivity contribution in [2.75, 3.05) is 11.9 Å². The number of pyridine rings is 1. The van der Waals surface area contributed by atoms with Gasteiger partial charge >= 0.3 is 0 Å². The lowest BCUT2D eigenvalue weighted by Gasteiger charge is -2.08. The molecule has 1 aromatic heterocycles. The van der Waals surface area contributed by atoms with Crippen LogP contribution in [0, 0.1) is 0 Å². The zero-order valence-corrected chi connectivity index (χ0v) is 10.7. The maximum Gasteiger partial charge on any atom is 0.228 e. The smallest absolute Gasteiger partial charge is 0.228 e. The lowest BCUT2D eigenvalue weighted by Crippen LogP contribution is -2.16. The van der Waals surface area contributed by atoms with E-state index in [0.29, 0.717) is 13.0 Å². The van der Waals surface area contributed by atoms with Crippen molar-refractivity contribution < 1.29 is 4.79 Å². The number of hydrogen-bond donors (Lipinski definition) is 2. The molecule has 0 unspecified atom stereocenters. The second kappa shape index (κ2) is 6.66. The topological polar surface area (TPSA) is 68.0 Å². The van der Waals surface area contributed by atoms with Gasteiger partial charge in [0, 0.05) is 18.1 Å². The van der Waals surface area contributed by atoms with E-state index in [1.165, 1.54) is 0 Å². The average Bonchev–Trinajstić information content (AvgIpc) is 2.42. The number of hydrogen-bond acceptors (Lipinski definition) is 3. The molecule has 2 rings (SSSR count). The summed E-state index contributed by atoms with van der Waals surface area (Å²) < 4.78 is 0. The van der Waals surface area contributed by atoms with Gasteiger partial charge in [0.05, 0.1) is 6.42 Å². The minimum Gasteiger partial charge on any atom is -0.330 e. The predicted molar refractivity (Wildman–Crippen MR) is 75.8 cm³/mol. The van der Waals surface area contributed by atoms with E-state index >= 15 is 0 Å². The maximum atomic E-state index is 12.0. The number of nitrogens with one attached hydrogen (secondary N) is 1. The average molecular weight is 255 g/mol. The summed E-state index contributed by atoms with van der Waals surface area (Å²) in [6.45, 7) is 0.567. The fourth-order valence-electron chi connectivity index (χ4n) is 1.91. The van der Waals surface area contributed by atoms with Crippen LogP contribution in [-0.2, 0) is 17.6 Å². The van der Waals surface area contributed by atoms with Gasteiger partial charge < -0.3 is 11.1 Å². The lowest BCUT2D eigenvalue weighted by atomic mass is 10.0. The molecule has 0 fully saturated rings. The Bertz CT molecular complexity index is 540. The largest absolute Gasteiger partial charge is 0.330 e. The molecule has 0 aliphatic carbocycles. The zero-order chi connectivity index (χ0) is 13.5. The molecule has 4 nitrogen and oxygen atoms in total. The molecule has 1 heterocycles. The number of aromatic nitrogens is 1. The number of amides is 1. The van der Waals surface area contributed by atoms with Crippen molar-refractivity contribution in [1.82, 2.24) is 4.98 Å². The van der Waals surface area contributed by atoms with Crippen molar-refractivity contribution in [3.05, 3.63) is 59.9 Å². The van der Waals surface area contributed by atoms with Crippen LogP contribution < -0.4 is 11.1 Å². The monoisotopic (exact) mass is 255 g/mol. The molecule has 0 radical (unpaired) electrons. The first kappa shape index (κ1) is 13.2. The van der Waals surface area contributed by atoms with E-state index in [4.69, 9.17) is 5.73 Å². The highest BCUT2D eigenvalue weighted by Crippen LogP contribution is 2.10. The molecule has 0 aliphatic heterocycles. The normalized spacial score (nSPS) is 10.2. The minimum absolute atomic E-state index is 0.0440. The van der Waals surface area contributed by atoms with Crippen LogP contribution >= 0.6 is 0 Å². The number of nitrogens with zero attached hydrogens (tertiary/aromatic N) is 1.